The quantitative estimate of drug-likeness (QED) is 0.864. The second-order valence-corrected chi connectivity index (χ2v) is 4.58. The van der Waals surface area contributed by atoms with E-state index in [1.54, 1.807) is 6.07 Å². The van der Waals surface area contributed by atoms with Gasteiger partial charge in [0.1, 0.15) is 5.82 Å². The minimum Gasteiger partial charge on any atom is -0.316 e. The molecule has 1 nitrogen and oxygen atoms in total. The van der Waals surface area contributed by atoms with Crippen LogP contribution in [0.4, 0.5) is 4.39 Å². The molecule has 0 aliphatic carbocycles. The highest BCUT2D eigenvalue weighted by Crippen LogP contribution is 2.29. The van der Waals surface area contributed by atoms with Gasteiger partial charge in [-0.05, 0) is 60.8 Å². The number of benzene rings is 2. The fourth-order valence-electron chi connectivity index (χ4n) is 2.20. The summed E-state index contributed by atoms with van der Waals surface area (Å²) in [5.74, 6) is -0.186. The number of hydrogen-bond donors (Lipinski definition) is 1. The number of nitrogens with one attached hydrogen (secondary N) is 1. The van der Waals surface area contributed by atoms with Crippen molar-refractivity contribution in [3.63, 3.8) is 0 Å². The van der Waals surface area contributed by atoms with E-state index in [1.807, 2.05) is 19.2 Å². The number of rotatable bonds is 3. The molecule has 0 unspecified atom stereocenters. The maximum Gasteiger partial charge on any atom is 0.123 e. The zero-order valence-electron chi connectivity index (χ0n) is 11.0. The van der Waals surface area contributed by atoms with E-state index in [9.17, 15) is 4.39 Å². The lowest BCUT2D eigenvalue weighted by Gasteiger charge is -2.13. The Morgan fingerprint density at radius 2 is 1.83 bits per heavy atom. The van der Waals surface area contributed by atoms with Crippen molar-refractivity contribution in [2.75, 3.05) is 7.05 Å². The highest BCUT2D eigenvalue weighted by atomic mass is 19.1. The molecule has 0 aliphatic rings. The third-order valence-corrected chi connectivity index (χ3v) is 3.33. The van der Waals surface area contributed by atoms with Crippen molar-refractivity contribution in [1.82, 2.24) is 5.32 Å². The molecular weight excluding hydrogens is 225 g/mol. The van der Waals surface area contributed by atoms with E-state index < -0.39 is 0 Å². The summed E-state index contributed by atoms with van der Waals surface area (Å²) < 4.78 is 13.3. The highest BCUT2D eigenvalue weighted by molar-refractivity contribution is 5.71. The molecule has 0 saturated heterocycles. The molecule has 2 aromatic carbocycles. The first-order chi connectivity index (χ1) is 8.63. The van der Waals surface area contributed by atoms with Crippen molar-refractivity contribution in [2.45, 2.75) is 20.4 Å². The maximum atomic E-state index is 13.3. The van der Waals surface area contributed by atoms with Gasteiger partial charge in [-0.2, -0.15) is 0 Å². The molecule has 18 heavy (non-hydrogen) atoms. The summed E-state index contributed by atoms with van der Waals surface area (Å²) in [6.45, 7) is 4.87. The zero-order chi connectivity index (χ0) is 13.1. The van der Waals surface area contributed by atoms with Crippen molar-refractivity contribution in [3.05, 3.63) is 58.9 Å². The molecular formula is C16H18FN. The average Bonchev–Trinajstić information content (AvgIpc) is 2.34. The molecule has 0 fully saturated rings. The Morgan fingerprint density at radius 1 is 1.06 bits per heavy atom. The summed E-state index contributed by atoms with van der Waals surface area (Å²) in [4.78, 5) is 0. The van der Waals surface area contributed by atoms with Crippen molar-refractivity contribution in [2.24, 2.45) is 0 Å². The summed E-state index contributed by atoms with van der Waals surface area (Å²) in [7, 11) is 1.87. The van der Waals surface area contributed by atoms with Crippen LogP contribution in [0.2, 0.25) is 0 Å². The molecule has 0 aliphatic heterocycles. The largest absolute Gasteiger partial charge is 0.316 e. The summed E-state index contributed by atoms with van der Waals surface area (Å²) in [6, 6.07) is 11.2. The van der Waals surface area contributed by atoms with Gasteiger partial charge >= 0.3 is 0 Å². The van der Waals surface area contributed by atoms with E-state index in [-0.39, 0.29) is 5.82 Å². The molecule has 0 aromatic heterocycles. The Balaban J connectivity index is 2.59. The van der Waals surface area contributed by atoms with Crippen molar-refractivity contribution < 1.29 is 4.39 Å². The lowest BCUT2D eigenvalue weighted by atomic mass is 9.93. The van der Waals surface area contributed by atoms with Crippen LogP contribution in [0.25, 0.3) is 11.1 Å². The van der Waals surface area contributed by atoms with Gasteiger partial charge in [-0.15, -0.1) is 0 Å². The number of halogens is 1. The second kappa shape index (κ2) is 5.32. The topological polar surface area (TPSA) is 12.0 Å². The van der Waals surface area contributed by atoms with Gasteiger partial charge in [0.25, 0.3) is 0 Å². The highest BCUT2D eigenvalue weighted by Gasteiger charge is 2.09. The van der Waals surface area contributed by atoms with Crippen LogP contribution in [0.5, 0.6) is 0 Å². The molecule has 1 N–H and O–H groups in total. The molecule has 94 valence electrons. The van der Waals surface area contributed by atoms with Gasteiger partial charge < -0.3 is 5.32 Å². The van der Waals surface area contributed by atoms with Crippen LogP contribution < -0.4 is 5.32 Å². The second-order valence-electron chi connectivity index (χ2n) is 4.58. The summed E-state index contributed by atoms with van der Waals surface area (Å²) in [5.41, 5.74) is 5.78. The first kappa shape index (κ1) is 12.8. The molecule has 0 heterocycles. The van der Waals surface area contributed by atoms with Crippen LogP contribution >= 0.6 is 0 Å². The van der Waals surface area contributed by atoms with Crippen LogP contribution in [-0.2, 0) is 6.54 Å². The Bertz CT molecular complexity index is 561. The van der Waals surface area contributed by atoms with E-state index in [4.69, 9.17) is 0 Å². The predicted octanol–water partition coefficient (Wildman–Crippen LogP) is 3.83. The van der Waals surface area contributed by atoms with Crippen molar-refractivity contribution >= 4 is 0 Å². The van der Waals surface area contributed by atoms with Crippen LogP contribution in [0.3, 0.4) is 0 Å². The van der Waals surface area contributed by atoms with Gasteiger partial charge in [0.15, 0.2) is 0 Å². The van der Waals surface area contributed by atoms with Gasteiger partial charge in [0, 0.05) is 6.54 Å². The number of hydrogen-bond acceptors (Lipinski definition) is 1. The first-order valence-corrected chi connectivity index (χ1v) is 6.13. The van der Waals surface area contributed by atoms with E-state index in [2.05, 4.69) is 31.3 Å². The summed E-state index contributed by atoms with van der Waals surface area (Å²) in [5, 5.41) is 3.09. The lowest BCUT2D eigenvalue weighted by molar-refractivity contribution is 0.624. The van der Waals surface area contributed by atoms with Gasteiger partial charge in [0.05, 0.1) is 0 Å². The number of aryl methyl sites for hydroxylation is 1. The standard InChI is InChI=1S/C16H18FN/c1-11-5-4-6-15(12(11)2)16-8-7-14(17)9-13(16)10-18-3/h4-9,18H,10H2,1-3H3. The molecule has 0 saturated carbocycles. The first-order valence-electron chi connectivity index (χ1n) is 6.13. The van der Waals surface area contributed by atoms with Crippen molar-refractivity contribution in [1.29, 1.82) is 0 Å². The van der Waals surface area contributed by atoms with Gasteiger partial charge in [-0.25, -0.2) is 4.39 Å². The van der Waals surface area contributed by atoms with Gasteiger partial charge in [0.2, 0.25) is 0 Å². The van der Waals surface area contributed by atoms with Gasteiger partial charge in [-0.3, -0.25) is 0 Å². The third kappa shape index (κ3) is 2.44. The molecule has 2 heteroatoms. The average molecular weight is 243 g/mol. The minimum absolute atomic E-state index is 0.186. The molecule has 0 atom stereocenters. The fourth-order valence-corrected chi connectivity index (χ4v) is 2.20. The summed E-state index contributed by atoms with van der Waals surface area (Å²) in [6.07, 6.45) is 0. The molecule has 0 amide bonds. The van der Waals surface area contributed by atoms with Crippen LogP contribution in [0.1, 0.15) is 16.7 Å². The lowest BCUT2D eigenvalue weighted by Crippen LogP contribution is -2.07. The Labute approximate surface area is 108 Å². The Morgan fingerprint density at radius 3 is 2.56 bits per heavy atom. The maximum absolute atomic E-state index is 13.3. The van der Waals surface area contributed by atoms with E-state index in [1.165, 1.54) is 22.8 Å². The Hall–Kier alpha value is -1.67. The predicted molar refractivity (Wildman–Crippen MR) is 74.1 cm³/mol. The van der Waals surface area contributed by atoms with E-state index >= 15 is 0 Å². The molecule has 0 spiro atoms. The van der Waals surface area contributed by atoms with E-state index in [0.717, 1.165) is 11.1 Å². The smallest absolute Gasteiger partial charge is 0.123 e. The molecule has 2 aromatic rings. The molecule has 2 rings (SSSR count). The van der Waals surface area contributed by atoms with Crippen LogP contribution in [0.15, 0.2) is 36.4 Å². The summed E-state index contributed by atoms with van der Waals surface area (Å²) >= 11 is 0. The SMILES string of the molecule is CNCc1cc(F)ccc1-c1cccc(C)c1C. The van der Waals surface area contributed by atoms with Crippen molar-refractivity contribution in [3.8, 4) is 11.1 Å². The normalized spacial score (nSPS) is 10.7. The third-order valence-electron chi connectivity index (χ3n) is 3.33. The molecule has 0 bridgehead atoms. The van der Waals surface area contributed by atoms with E-state index in [0.29, 0.717) is 6.54 Å². The minimum atomic E-state index is -0.186. The Kier molecular flexibility index (Phi) is 3.78. The van der Waals surface area contributed by atoms with Crippen LogP contribution in [0, 0.1) is 19.7 Å². The molecule has 0 radical (unpaired) electrons. The van der Waals surface area contributed by atoms with Gasteiger partial charge in [-0.1, -0.05) is 24.3 Å². The monoisotopic (exact) mass is 243 g/mol. The van der Waals surface area contributed by atoms with Crippen LogP contribution in [-0.4, -0.2) is 7.05 Å². The zero-order valence-corrected chi connectivity index (χ0v) is 11.0. The fraction of sp³-hybridized carbons (Fsp3) is 0.250.